The number of likely N-dealkylation sites (N-methyl/N-ethyl adjacent to an activating group) is 1. The number of carbonyl (C=O) groups is 2. The highest BCUT2D eigenvalue weighted by Gasteiger charge is 2.32. The van der Waals surface area contributed by atoms with Crippen molar-refractivity contribution in [3.05, 3.63) is 18.6 Å². The number of H-pyrrole nitrogens is 1. The van der Waals surface area contributed by atoms with Gasteiger partial charge in [0.2, 0.25) is 0 Å². The van der Waals surface area contributed by atoms with Crippen molar-refractivity contribution in [2.45, 2.75) is 26.3 Å². The van der Waals surface area contributed by atoms with E-state index in [0.717, 1.165) is 23.3 Å². The number of anilines is 1. The Bertz CT molecular complexity index is 807. The predicted molar refractivity (Wildman–Crippen MR) is 101 cm³/mol. The number of carbonyl (C=O) groups excluding carboxylic acids is 2. The van der Waals surface area contributed by atoms with E-state index in [0.29, 0.717) is 25.6 Å². The van der Waals surface area contributed by atoms with Gasteiger partial charge in [0, 0.05) is 26.3 Å². The molecule has 0 spiro atoms. The number of amides is 2. The van der Waals surface area contributed by atoms with E-state index in [2.05, 4.69) is 32.1 Å². The Morgan fingerprint density at radius 2 is 2.26 bits per heavy atom. The van der Waals surface area contributed by atoms with Crippen molar-refractivity contribution in [2.24, 2.45) is 5.92 Å². The van der Waals surface area contributed by atoms with E-state index in [1.54, 1.807) is 18.2 Å². The number of nitrogens with zero attached hydrogens (tertiary/aromatic N) is 4. The number of esters is 1. The Kier molecular flexibility index (Phi) is 5.78. The molecule has 2 amide bonds. The molecular formula is C18H26N6O3. The number of ether oxygens (including phenoxy) is 1. The lowest BCUT2D eigenvalue weighted by Crippen LogP contribution is -2.55. The molecule has 0 aliphatic carbocycles. The maximum absolute atomic E-state index is 12.4. The molecule has 2 aromatic rings. The minimum Gasteiger partial charge on any atom is -0.465 e. The van der Waals surface area contributed by atoms with Crippen LogP contribution in [0.1, 0.15) is 20.3 Å². The van der Waals surface area contributed by atoms with Gasteiger partial charge in [-0.1, -0.05) is 6.92 Å². The molecular weight excluding hydrogens is 348 g/mol. The quantitative estimate of drug-likeness (QED) is 0.767. The zero-order valence-electron chi connectivity index (χ0n) is 15.9. The molecule has 1 saturated heterocycles. The fourth-order valence-electron chi connectivity index (χ4n) is 3.51. The SMILES string of the molecule is CCOC(=O)CNC(=O)N1CCC(C)C(N(C)c2ncnc3[nH]ccc23)C1. The molecule has 0 bridgehead atoms. The Balaban J connectivity index is 1.69. The number of aromatic amines is 1. The van der Waals surface area contributed by atoms with Gasteiger partial charge < -0.3 is 24.8 Å². The highest BCUT2D eigenvalue weighted by molar-refractivity contribution is 5.87. The molecule has 9 nitrogen and oxygen atoms in total. The van der Waals surface area contributed by atoms with Crippen molar-refractivity contribution < 1.29 is 14.3 Å². The summed E-state index contributed by atoms with van der Waals surface area (Å²) in [5, 5.41) is 3.59. The molecule has 0 saturated carbocycles. The van der Waals surface area contributed by atoms with Gasteiger partial charge in [-0.15, -0.1) is 0 Å². The zero-order chi connectivity index (χ0) is 19.4. The van der Waals surface area contributed by atoms with Gasteiger partial charge in [0.25, 0.3) is 0 Å². The first-order valence-corrected chi connectivity index (χ1v) is 9.20. The molecule has 3 heterocycles. The monoisotopic (exact) mass is 374 g/mol. The molecule has 146 valence electrons. The minimum atomic E-state index is -0.430. The molecule has 9 heteroatoms. The number of urea groups is 1. The summed E-state index contributed by atoms with van der Waals surface area (Å²) in [4.78, 5) is 39.6. The molecule has 2 unspecified atom stereocenters. The lowest BCUT2D eigenvalue weighted by Gasteiger charge is -2.42. The van der Waals surface area contributed by atoms with Crippen LogP contribution in [0.15, 0.2) is 18.6 Å². The number of rotatable bonds is 5. The third kappa shape index (κ3) is 4.12. The van der Waals surface area contributed by atoms with Crippen LogP contribution in [-0.2, 0) is 9.53 Å². The van der Waals surface area contributed by atoms with Crippen LogP contribution in [0.25, 0.3) is 11.0 Å². The fraction of sp³-hybridized carbons (Fsp3) is 0.556. The van der Waals surface area contributed by atoms with Crippen molar-refractivity contribution in [1.82, 2.24) is 25.2 Å². The Morgan fingerprint density at radius 1 is 1.44 bits per heavy atom. The van der Waals surface area contributed by atoms with Crippen LogP contribution in [0.5, 0.6) is 0 Å². The highest BCUT2D eigenvalue weighted by Crippen LogP contribution is 2.28. The van der Waals surface area contributed by atoms with Crippen LogP contribution >= 0.6 is 0 Å². The van der Waals surface area contributed by atoms with Crippen LogP contribution in [0, 0.1) is 5.92 Å². The normalized spacial score (nSPS) is 19.7. The molecule has 0 aromatic carbocycles. The Labute approximate surface area is 158 Å². The molecule has 1 aliphatic heterocycles. The van der Waals surface area contributed by atoms with Gasteiger partial charge in [0.1, 0.15) is 24.3 Å². The minimum absolute atomic E-state index is 0.111. The summed E-state index contributed by atoms with van der Waals surface area (Å²) in [5.74, 6) is 0.806. The van der Waals surface area contributed by atoms with Gasteiger partial charge in [-0.3, -0.25) is 4.79 Å². The molecule has 0 radical (unpaired) electrons. The second-order valence-electron chi connectivity index (χ2n) is 6.79. The number of hydrogen-bond donors (Lipinski definition) is 2. The van der Waals surface area contributed by atoms with Crippen molar-refractivity contribution >= 4 is 28.9 Å². The molecule has 2 N–H and O–H groups in total. The first-order chi connectivity index (χ1) is 13.0. The number of aromatic nitrogens is 3. The topological polar surface area (TPSA) is 103 Å². The van der Waals surface area contributed by atoms with Gasteiger partial charge in [-0.05, 0) is 25.3 Å². The molecule has 1 aliphatic rings. The lowest BCUT2D eigenvalue weighted by molar-refractivity contribution is -0.141. The summed E-state index contributed by atoms with van der Waals surface area (Å²) >= 11 is 0. The van der Waals surface area contributed by atoms with E-state index in [-0.39, 0.29) is 18.6 Å². The van der Waals surface area contributed by atoms with Crippen LogP contribution in [0.2, 0.25) is 0 Å². The Morgan fingerprint density at radius 3 is 3.04 bits per heavy atom. The third-order valence-corrected chi connectivity index (χ3v) is 5.06. The van der Waals surface area contributed by atoms with Crippen molar-refractivity contribution in [3.8, 4) is 0 Å². The molecule has 2 atom stereocenters. The van der Waals surface area contributed by atoms with Gasteiger partial charge in [0.05, 0.1) is 18.0 Å². The maximum atomic E-state index is 12.4. The molecule has 3 rings (SSSR count). The smallest absolute Gasteiger partial charge is 0.325 e. The van der Waals surface area contributed by atoms with E-state index in [9.17, 15) is 9.59 Å². The van der Waals surface area contributed by atoms with Crippen LogP contribution in [0.3, 0.4) is 0 Å². The van der Waals surface area contributed by atoms with Gasteiger partial charge in [-0.2, -0.15) is 0 Å². The standard InChI is InChI=1S/C18H26N6O3/c1-4-27-15(25)9-20-18(26)24-8-6-12(2)14(10-24)23(3)17-13-5-7-19-16(13)21-11-22-17/h5,7,11-12,14H,4,6,8-10H2,1-3H3,(H,20,26)(H,19,21,22). The van der Waals surface area contributed by atoms with E-state index in [1.165, 1.54) is 0 Å². The summed E-state index contributed by atoms with van der Waals surface area (Å²) in [6.45, 7) is 5.32. The summed E-state index contributed by atoms with van der Waals surface area (Å²) in [7, 11) is 2.00. The number of hydrogen-bond acceptors (Lipinski definition) is 6. The van der Waals surface area contributed by atoms with Crippen molar-refractivity contribution in [2.75, 3.05) is 38.2 Å². The highest BCUT2D eigenvalue weighted by atomic mass is 16.5. The summed E-state index contributed by atoms with van der Waals surface area (Å²) < 4.78 is 4.85. The largest absolute Gasteiger partial charge is 0.465 e. The first-order valence-electron chi connectivity index (χ1n) is 9.20. The average molecular weight is 374 g/mol. The predicted octanol–water partition coefficient (Wildman–Crippen LogP) is 1.38. The number of nitrogens with one attached hydrogen (secondary N) is 2. The third-order valence-electron chi connectivity index (χ3n) is 5.06. The lowest BCUT2D eigenvalue weighted by atomic mass is 9.92. The van der Waals surface area contributed by atoms with Crippen LogP contribution in [-0.4, -0.2) is 71.2 Å². The molecule has 27 heavy (non-hydrogen) atoms. The second-order valence-corrected chi connectivity index (χ2v) is 6.79. The average Bonchev–Trinajstić information content (AvgIpc) is 3.15. The Hall–Kier alpha value is -2.84. The van der Waals surface area contributed by atoms with E-state index in [4.69, 9.17) is 4.74 Å². The summed E-state index contributed by atoms with van der Waals surface area (Å²) in [6, 6.07) is 1.82. The molecule has 2 aromatic heterocycles. The number of likely N-dealkylation sites (tertiary alicyclic amines) is 1. The maximum Gasteiger partial charge on any atom is 0.325 e. The van der Waals surface area contributed by atoms with E-state index < -0.39 is 5.97 Å². The van der Waals surface area contributed by atoms with Crippen LogP contribution in [0.4, 0.5) is 10.6 Å². The van der Waals surface area contributed by atoms with E-state index in [1.807, 2.05) is 19.3 Å². The second kappa shape index (κ2) is 8.24. The first kappa shape index (κ1) is 18.9. The number of fused-ring (bicyclic) bond motifs is 1. The van der Waals surface area contributed by atoms with Crippen molar-refractivity contribution in [1.29, 1.82) is 0 Å². The summed E-state index contributed by atoms with van der Waals surface area (Å²) in [5.41, 5.74) is 0.791. The van der Waals surface area contributed by atoms with Crippen molar-refractivity contribution in [3.63, 3.8) is 0 Å². The van der Waals surface area contributed by atoms with Gasteiger partial charge in [-0.25, -0.2) is 14.8 Å². The number of piperidine rings is 1. The summed E-state index contributed by atoms with van der Waals surface area (Å²) in [6.07, 6.45) is 4.27. The zero-order valence-corrected chi connectivity index (χ0v) is 15.9. The van der Waals surface area contributed by atoms with Crippen LogP contribution < -0.4 is 10.2 Å². The van der Waals surface area contributed by atoms with Gasteiger partial charge >= 0.3 is 12.0 Å². The van der Waals surface area contributed by atoms with E-state index >= 15 is 0 Å². The van der Waals surface area contributed by atoms with Gasteiger partial charge in [0.15, 0.2) is 0 Å². The molecule has 1 fully saturated rings. The fourth-order valence-corrected chi connectivity index (χ4v) is 3.51.